The van der Waals surface area contributed by atoms with Crippen LogP contribution in [0.1, 0.15) is 11.1 Å². The lowest BCUT2D eigenvalue weighted by molar-refractivity contribution is -0.137. The van der Waals surface area contributed by atoms with Crippen LogP contribution in [0, 0.1) is 6.92 Å². The summed E-state index contributed by atoms with van der Waals surface area (Å²) in [6, 6.07) is 7.71. The maximum absolute atomic E-state index is 11.1. The predicted octanol–water partition coefficient (Wildman–Crippen LogP) is 0.139. The second kappa shape index (κ2) is 5.26. The van der Waals surface area contributed by atoms with Gasteiger partial charge in [-0.3, -0.25) is 9.59 Å². The van der Waals surface area contributed by atoms with E-state index in [0.29, 0.717) is 6.54 Å². The van der Waals surface area contributed by atoms with E-state index in [1.807, 2.05) is 31.2 Å². The van der Waals surface area contributed by atoms with Gasteiger partial charge in [-0.15, -0.1) is 0 Å². The van der Waals surface area contributed by atoms with E-state index in [9.17, 15) is 9.59 Å². The zero-order valence-electron chi connectivity index (χ0n) is 8.62. The highest BCUT2D eigenvalue weighted by molar-refractivity contribution is 6.36. The SMILES string of the molecule is Cc1cccc(CNC(=O)C(=O)CN)c1. The Morgan fingerprint density at radius 1 is 1.40 bits per heavy atom. The summed E-state index contributed by atoms with van der Waals surface area (Å²) in [7, 11) is 0. The van der Waals surface area contributed by atoms with E-state index in [-0.39, 0.29) is 6.54 Å². The van der Waals surface area contributed by atoms with Crippen LogP contribution < -0.4 is 11.1 Å². The first-order chi connectivity index (χ1) is 7.13. The number of hydrogen-bond acceptors (Lipinski definition) is 3. The van der Waals surface area contributed by atoms with Gasteiger partial charge >= 0.3 is 0 Å². The smallest absolute Gasteiger partial charge is 0.289 e. The minimum atomic E-state index is -0.626. The summed E-state index contributed by atoms with van der Waals surface area (Å²) in [6.07, 6.45) is 0. The van der Waals surface area contributed by atoms with Gasteiger partial charge in [0.15, 0.2) is 0 Å². The third-order valence-corrected chi connectivity index (χ3v) is 1.97. The molecule has 0 saturated heterocycles. The molecule has 1 aromatic carbocycles. The minimum Gasteiger partial charge on any atom is -0.345 e. The molecule has 0 radical (unpaired) electrons. The van der Waals surface area contributed by atoms with Gasteiger partial charge in [-0.1, -0.05) is 29.8 Å². The Balaban J connectivity index is 2.50. The van der Waals surface area contributed by atoms with Crippen molar-refractivity contribution in [2.45, 2.75) is 13.5 Å². The van der Waals surface area contributed by atoms with Crippen LogP contribution in [0.2, 0.25) is 0 Å². The van der Waals surface area contributed by atoms with Crippen LogP contribution in [0.3, 0.4) is 0 Å². The number of carbonyl (C=O) groups excluding carboxylic acids is 2. The topological polar surface area (TPSA) is 72.2 Å². The Labute approximate surface area is 88.5 Å². The Morgan fingerprint density at radius 3 is 2.73 bits per heavy atom. The van der Waals surface area contributed by atoms with Crippen molar-refractivity contribution < 1.29 is 9.59 Å². The van der Waals surface area contributed by atoms with E-state index in [1.165, 1.54) is 0 Å². The molecule has 4 nitrogen and oxygen atoms in total. The zero-order chi connectivity index (χ0) is 11.3. The highest BCUT2D eigenvalue weighted by Gasteiger charge is 2.09. The zero-order valence-corrected chi connectivity index (χ0v) is 8.62. The summed E-state index contributed by atoms with van der Waals surface area (Å²) in [5.41, 5.74) is 7.14. The van der Waals surface area contributed by atoms with Crippen LogP contribution in [0.25, 0.3) is 0 Å². The first-order valence-electron chi connectivity index (χ1n) is 4.70. The number of ketones is 1. The Morgan fingerprint density at radius 2 is 2.13 bits per heavy atom. The molecular weight excluding hydrogens is 192 g/mol. The van der Waals surface area contributed by atoms with Gasteiger partial charge < -0.3 is 11.1 Å². The van der Waals surface area contributed by atoms with Crippen molar-refractivity contribution >= 4 is 11.7 Å². The molecule has 1 amide bonds. The minimum absolute atomic E-state index is 0.250. The van der Waals surface area contributed by atoms with E-state index in [2.05, 4.69) is 5.32 Å². The van der Waals surface area contributed by atoms with Crippen molar-refractivity contribution in [2.24, 2.45) is 5.73 Å². The molecule has 0 aliphatic carbocycles. The van der Waals surface area contributed by atoms with E-state index < -0.39 is 11.7 Å². The van der Waals surface area contributed by atoms with Gasteiger partial charge in [0.1, 0.15) is 0 Å². The molecule has 80 valence electrons. The van der Waals surface area contributed by atoms with Crippen LogP contribution in [-0.2, 0) is 16.1 Å². The predicted molar refractivity (Wildman–Crippen MR) is 57.1 cm³/mol. The van der Waals surface area contributed by atoms with Gasteiger partial charge in [0.2, 0.25) is 5.78 Å². The lowest BCUT2D eigenvalue weighted by atomic mass is 10.1. The number of hydrogen-bond donors (Lipinski definition) is 2. The number of benzene rings is 1. The fraction of sp³-hybridized carbons (Fsp3) is 0.273. The Bertz CT molecular complexity index is 375. The number of nitrogens with two attached hydrogens (primary N) is 1. The highest BCUT2D eigenvalue weighted by Crippen LogP contribution is 2.02. The monoisotopic (exact) mass is 206 g/mol. The fourth-order valence-corrected chi connectivity index (χ4v) is 1.20. The van der Waals surface area contributed by atoms with Crippen molar-refractivity contribution in [3.05, 3.63) is 35.4 Å². The van der Waals surface area contributed by atoms with Crippen molar-refractivity contribution in [1.29, 1.82) is 0 Å². The number of nitrogens with one attached hydrogen (secondary N) is 1. The maximum Gasteiger partial charge on any atom is 0.289 e. The molecule has 0 bridgehead atoms. The molecule has 0 aliphatic rings. The average Bonchev–Trinajstić information content (AvgIpc) is 2.25. The molecule has 0 aliphatic heterocycles. The second-order valence-corrected chi connectivity index (χ2v) is 3.30. The van der Waals surface area contributed by atoms with E-state index in [0.717, 1.165) is 11.1 Å². The van der Waals surface area contributed by atoms with Crippen molar-refractivity contribution in [1.82, 2.24) is 5.32 Å². The van der Waals surface area contributed by atoms with E-state index in [4.69, 9.17) is 5.73 Å². The highest BCUT2D eigenvalue weighted by atomic mass is 16.2. The van der Waals surface area contributed by atoms with E-state index >= 15 is 0 Å². The summed E-state index contributed by atoms with van der Waals surface area (Å²) in [5, 5.41) is 2.51. The van der Waals surface area contributed by atoms with Gasteiger partial charge in [-0.05, 0) is 12.5 Å². The summed E-state index contributed by atoms with van der Waals surface area (Å²) in [6.45, 7) is 2.07. The Kier molecular flexibility index (Phi) is 4.00. The number of aryl methyl sites for hydroxylation is 1. The standard InChI is InChI=1S/C11H14N2O2/c1-8-3-2-4-9(5-8)7-13-11(15)10(14)6-12/h2-5H,6-7,12H2,1H3,(H,13,15). The number of rotatable bonds is 4. The maximum atomic E-state index is 11.1. The van der Waals surface area contributed by atoms with Gasteiger partial charge in [-0.2, -0.15) is 0 Å². The van der Waals surface area contributed by atoms with Crippen LogP contribution in [-0.4, -0.2) is 18.2 Å². The largest absolute Gasteiger partial charge is 0.345 e. The fourth-order valence-electron chi connectivity index (χ4n) is 1.20. The summed E-state index contributed by atoms with van der Waals surface area (Å²) in [4.78, 5) is 22.0. The number of carbonyl (C=O) groups is 2. The lowest BCUT2D eigenvalue weighted by Gasteiger charge is -2.04. The molecule has 0 heterocycles. The first-order valence-corrected chi connectivity index (χ1v) is 4.70. The lowest BCUT2D eigenvalue weighted by Crippen LogP contribution is -2.34. The van der Waals surface area contributed by atoms with Gasteiger partial charge in [0, 0.05) is 6.54 Å². The molecule has 1 aromatic rings. The van der Waals surface area contributed by atoms with Crippen molar-refractivity contribution in [3.63, 3.8) is 0 Å². The van der Waals surface area contributed by atoms with Crippen LogP contribution in [0.5, 0.6) is 0 Å². The van der Waals surface area contributed by atoms with E-state index in [1.54, 1.807) is 0 Å². The molecule has 4 heteroatoms. The van der Waals surface area contributed by atoms with Crippen LogP contribution in [0.15, 0.2) is 24.3 Å². The van der Waals surface area contributed by atoms with Crippen LogP contribution in [0.4, 0.5) is 0 Å². The first kappa shape index (κ1) is 11.4. The summed E-state index contributed by atoms with van der Waals surface area (Å²) in [5.74, 6) is -1.22. The van der Waals surface area contributed by atoms with Gasteiger partial charge in [0.05, 0.1) is 6.54 Å². The van der Waals surface area contributed by atoms with Crippen molar-refractivity contribution in [2.75, 3.05) is 6.54 Å². The summed E-state index contributed by atoms with van der Waals surface area (Å²) < 4.78 is 0. The molecule has 0 unspecified atom stereocenters. The molecule has 0 aromatic heterocycles. The van der Waals surface area contributed by atoms with Gasteiger partial charge in [-0.25, -0.2) is 0 Å². The summed E-state index contributed by atoms with van der Waals surface area (Å²) >= 11 is 0. The number of amides is 1. The molecule has 3 N–H and O–H groups in total. The molecule has 1 rings (SSSR count). The average molecular weight is 206 g/mol. The Hall–Kier alpha value is -1.68. The quantitative estimate of drug-likeness (QED) is 0.688. The number of Topliss-reactive ketones (excluding diaryl/α,β-unsaturated/α-hetero) is 1. The molecule has 0 spiro atoms. The third kappa shape index (κ3) is 3.52. The molecule has 0 atom stereocenters. The molecular formula is C11H14N2O2. The second-order valence-electron chi connectivity index (χ2n) is 3.30. The van der Waals surface area contributed by atoms with Crippen molar-refractivity contribution in [3.8, 4) is 0 Å². The van der Waals surface area contributed by atoms with Gasteiger partial charge in [0.25, 0.3) is 5.91 Å². The van der Waals surface area contributed by atoms with Crippen LogP contribution >= 0.6 is 0 Å². The normalized spacial score (nSPS) is 9.73. The molecule has 0 saturated carbocycles. The third-order valence-electron chi connectivity index (χ3n) is 1.97. The molecule has 15 heavy (non-hydrogen) atoms. The molecule has 0 fully saturated rings.